The predicted octanol–water partition coefficient (Wildman–Crippen LogP) is 2.78. The fourth-order valence-corrected chi connectivity index (χ4v) is 1.89. The van der Waals surface area contributed by atoms with Crippen molar-refractivity contribution in [3.63, 3.8) is 0 Å². The molecular weight excluding hydrogens is 174 g/mol. The van der Waals surface area contributed by atoms with Crippen molar-refractivity contribution < 1.29 is 4.42 Å². The molecule has 1 fully saturated rings. The molecule has 1 aromatic rings. The van der Waals surface area contributed by atoms with Gasteiger partial charge in [-0.05, 0) is 45.6 Å². The summed E-state index contributed by atoms with van der Waals surface area (Å²) in [5.41, 5.74) is 1.30. The van der Waals surface area contributed by atoms with Crippen LogP contribution in [0.3, 0.4) is 0 Å². The lowest BCUT2D eigenvalue weighted by Gasteiger charge is -2.11. The maximum absolute atomic E-state index is 5.48. The molecule has 1 saturated carbocycles. The molecule has 2 heteroatoms. The molecule has 0 bridgehead atoms. The van der Waals surface area contributed by atoms with Crippen LogP contribution in [0, 0.1) is 19.8 Å². The predicted molar refractivity (Wildman–Crippen MR) is 57.2 cm³/mol. The van der Waals surface area contributed by atoms with Crippen LogP contribution >= 0.6 is 0 Å². The summed E-state index contributed by atoms with van der Waals surface area (Å²) in [5.74, 6) is 2.99. The molecule has 14 heavy (non-hydrogen) atoms. The van der Waals surface area contributed by atoms with Crippen molar-refractivity contribution in [1.29, 1.82) is 0 Å². The lowest BCUT2D eigenvalue weighted by molar-refractivity contribution is 0.479. The van der Waals surface area contributed by atoms with Gasteiger partial charge in [-0.25, -0.2) is 0 Å². The van der Waals surface area contributed by atoms with E-state index in [4.69, 9.17) is 4.42 Å². The Morgan fingerprint density at radius 2 is 2.21 bits per heavy atom. The minimum Gasteiger partial charge on any atom is -0.466 e. The van der Waals surface area contributed by atoms with Gasteiger partial charge in [0.2, 0.25) is 0 Å². The first-order valence-corrected chi connectivity index (χ1v) is 5.46. The van der Waals surface area contributed by atoms with Crippen molar-refractivity contribution in [2.24, 2.45) is 5.92 Å². The van der Waals surface area contributed by atoms with Crippen LogP contribution < -0.4 is 5.32 Å². The summed E-state index contributed by atoms with van der Waals surface area (Å²) < 4.78 is 5.48. The molecule has 1 aromatic heterocycles. The van der Waals surface area contributed by atoms with E-state index in [1.54, 1.807) is 0 Å². The minimum absolute atomic E-state index is 0.657. The zero-order valence-electron chi connectivity index (χ0n) is 9.26. The molecular formula is C12H19NO. The van der Waals surface area contributed by atoms with Gasteiger partial charge in [-0.15, -0.1) is 0 Å². The number of hydrogen-bond acceptors (Lipinski definition) is 2. The van der Waals surface area contributed by atoms with E-state index in [2.05, 4.69) is 18.3 Å². The van der Waals surface area contributed by atoms with Gasteiger partial charge < -0.3 is 9.73 Å². The summed E-state index contributed by atoms with van der Waals surface area (Å²) in [7, 11) is 0. The molecule has 1 aliphatic carbocycles. The van der Waals surface area contributed by atoms with Gasteiger partial charge in [0.25, 0.3) is 0 Å². The van der Waals surface area contributed by atoms with E-state index in [9.17, 15) is 0 Å². The van der Waals surface area contributed by atoms with E-state index in [1.807, 2.05) is 13.8 Å². The Balaban J connectivity index is 1.87. The van der Waals surface area contributed by atoms with Gasteiger partial charge in [-0.1, -0.05) is 0 Å². The summed E-state index contributed by atoms with van der Waals surface area (Å²) in [6.45, 7) is 7.26. The Morgan fingerprint density at radius 1 is 1.50 bits per heavy atom. The van der Waals surface area contributed by atoms with E-state index < -0.39 is 0 Å². The second kappa shape index (κ2) is 3.77. The van der Waals surface area contributed by atoms with Crippen molar-refractivity contribution in [2.45, 2.75) is 46.2 Å². The van der Waals surface area contributed by atoms with Crippen molar-refractivity contribution in [2.75, 3.05) is 0 Å². The van der Waals surface area contributed by atoms with Crippen LogP contribution in [0.1, 0.15) is 36.8 Å². The molecule has 1 aliphatic rings. The number of rotatable bonds is 4. The zero-order chi connectivity index (χ0) is 10.1. The number of aryl methyl sites for hydroxylation is 2. The maximum atomic E-state index is 5.48. The fraction of sp³-hybridized carbons (Fsp3) is 0.667. The molecule has 78 valence electrons. The molecule has 2 rings (SSSR count). The fourth-order valence-electron chi connectivity index (χ4n) is 1.89. The molecule has 0 saturated heterocycles. The lowest BCUT2D eigenvalue weighted by atomic mass is 10.2. The Labute approximate surface area is 85.7 Å². The Kier molecular flexibility index (Phi) is 2.64. The average molecular weight is 193 g/mol. The lowest BCUT2D eigenvalue weighted by Crippen LogP contribution is -2.27. The topological polar surface area (TPSA) is 25.2 Å². The summed E-state index contributed by atoms with van der Waals surface area (Å²) >= 11 is 0. The molecule has 1 unspecified atom stereocenters. The molecule has 0 spiro atoms. The SMILES string of the molecule is Cc1cc(CNC(C)C2CC2)c(C)o1. The van der Waals surface area contributed by atoms with Gasteiger partial charge in [-0.3, -0.25) is 0 Å². The van der Waals surface area contributed by atoms with Gasteiger partial charge in [0.05, 0.1) is 0 Å². The molecule has 0 amide bonds. The first-order valence-electron chi connectivity index (χ1n) is 5.46. The molecule has 0 aliphatic heterocycles. The molecule has 0 aromatic carbocycles. The molecule has 1 N–H and O–H groups in total. The Bertz CT molecular complexity index is 312. The highest BCUT2D eigenvalue weighted by molar-refractivity contribution is 5.19. The summed E-state index contributed by atoms with van der Waals surface area (Å²) in [6.07, 6.45) is 2.80. The van der Waals surface area contributed by atoms with Gasteiger partial charge in [0, 0.05) is 18.2 Å². The van der Waals surface area contributed by atoms with Gasteiger partial charge in [0.15, 0.2) is 0 Å². The smallest absolute Gasteiger partial charge is 0.105 e. The van der Waals surface area contributed by atoms with Crippen molar-refractivity contribution in [3.05, 3.63) is 23.2 Å². The molecule has 0 radical (unpaired) electrons. The van der Waals surface area contributed by atoms with E-state index in [1.165, 1.54) is 18.4 Å². The van der Waals surface area contributed by atoms with E-state index in [0.717, 1.165) is 24.0 Å². The first kappa shape index (κ1) is 9.78. The standard InChI is InChI=1S/C12H19NO/c1-8-6-12(10(3)14-8)7-13-9(2)11-4-5-11/h6,9,11,13H,4-5,7H2,1-3H3. The summed E-state index contributed by atoms with van der Waals surface area (Å²) in [5, 5.41) is 3.56. The van der Waals surface area contributed by atoms with Crippen LogP contribution in [-0.4, -0.2) is 6.04 Å². The molecule has 1 heterocycles. The average Bonchev–Trinajstić information content (AvgIpc) is 2.90. The van der Waals surface area contributed by atoms with Crippen LogP contribution in [0.5, 0.6) is 0 Å². The van der Waals surface area contributed by atoms with Gasteiger partial charge in [-0.2, -0.15) is 0 Å². The van der Waals surface area contributed by atoms with Crippen molar-refractivity contribution in [1.82, 2.24) is 5.32 Å². The molecule has 2 nitrogen and oxygen atoms in total. The van der Waals surface area contributed by atoms with Gasteiger partial charge >= 0.3 is 0 Å². The number of furan rings is 1. The maximum Gasteiger partial charge on any atom is 0.105 e. The largest absolute Gasteiger partial charge is 0.466 e. The van der Waals surface area contributed by atoms with Crippen molar-refractivity contribution in [3.8, 4) is 0 Å². The summed E-state index contributed by atoms with van der Waals surface area (Å²) in [4.78, 5) is 0. The van der Waals surface area contributed by atoms with Crippen LogP contribution in [0.2, 0.25) is 0 Å². The quantitative estimate of drug-likeness (QED) is 0.795. The van der Waals surface area contributed by atoms with E-state index >= 15 is 0 Å². The highest BCUT2D eigenvalue weighted by Gasteiger charge is 2.27. The number of hydrogen-bond donors (Lipinski definition) is 1. The minimum atomic E-state index is 0.657. The normalized spacial score (nSPS) is 18.5. The monoisotopic (exact) mass is 193 g/mol. The Hall–Kier alpha value is -0.760. The highest BCUT2D eigenvalue weighted by Crippen LogP contribution is 2.32. The second-order valence-corrected chi connectivity index (χ2v) is 4.45. The number of nitrogens with one attached hydrogen (secondary N) is 1. The zero-order valence-corrected chi connectivity index (χ0v) is 9.26. The van der Waals surface area contributed by atoms with Crippen LogP contribution in [0.25, 0.3) is 0 Å². The van der Waals surface area contributed by atoms with Crippen LogP contribution in [-0.2, 0) is 6.54 Å². The van der Waals surface area contributed by atoms with Crippen LogP contribution in [0.15, 0.2) is 10.5 Å². The summed E-state index contributed by atoms with van der Waals surface area (Å²) in [6, 6.07) is 2.78. The first-order chi connectivity index (χ1) is 6.66. The van der Waals surface area contributed by atoms with E-state index in [-0.39, 0.29) is 0 Å². The third kappa shape index (κ3) is 2.18. The Morgan fingerprint density at radius 3 is 2.71 bits per heavy atom. The third-order valence-electron chi connectivity index (χ3n) is 3.09. The van der Waals surface area contributed by atoms with Gasteiger partial charge in [0.1, 0.15) is 11.5 Å². The van der Waals surface area contributed by atoms with Crippen LogP contribution in [0.4, 0.5) is 0 Å². The third-order valence-corrected chi connectivity index (χ3v) is 3.09. The van der Waals surface area contributed by atoms with E-state index in [0.29, 0.717) is 6.04 Å². The highest BCUT2D eigenvalue weighted by atomic mass is 16.3. The van der Waals surface area contributed by atoms with Crippen molar-refractivity contribution >= 4 is 0 Å². The second-order valence-electron chi connectivity index (χ2n) is 4.45. The molecule has 1 atom stereocenters.